The molecule has 1 aliphatic rings. The van der Waals surface area contributed by atoms with Gasteiger partial charge in [0.05, 0.1) is 0 Å². The van der Waals surface area contributed by atoms with E-state index >= 15 is 0 Å². The monoisotopic (exact) mass is 101 g/mol. The summed E-state index contributed by atoms with van der Waals surface area (Å²) >= 11 is 0. The van der Waals surface area contributed by atoms with Gasteiger partial charge in [-0.25, -0.2) is 0 Å². The van der Waals surface area contributed by atoms with E-state index in [2.05, 4.69) is 6.92 Å². The highest BCUT2D eigenvalue weighted by Gasteiger charge is 2.07. The average Bonchev–Trinajstić information content (AvgIpc) is 1.86. The highest BCUT2D eigenvalue weighted by atomic mass is 14.1. The Morgan fingerprint density at radius 3 is 1.71 bits per heavy atom. The lowest BCUT2D eigenvalue weighted by Crippen LogP contribution is -1.78. The van der Waals surface area contributed by atoms with E-state index in [1.807, 2.05) is 0 Å². The molecule has 1 nitrogen and oxygen atoms in total. The summed E-state index contributed by atoms with van der Waals surface area (Å²) in [6, 6.07) is 0. The lowest BCUT2D eigenvalue weighted by Gasteiger charge is -1.91. The SMILES string of the molecule is CC1CCCC1.N. The van der Waals surface area contributed by atoms with E-state index in [-0.39, 0.29) is 6.15 Å². The van der Waals surface area contributed by atoms with Crippen molar-refractivity contribution in [1.29, 1.82) is 0 Å². The highest BCUT2D eigenvalue weighted by molar-refractivity contribution is 4.60. The van der Waals surface area contributed by atoms with E-state index < -0.39 is 0 Å². The maximum Gasteiger partial charge on any atom is -0.0443 e. The third-order valence-corrected chi connectivity index (χ3v) is 1.64. The van der Waals surface area contributed by atoms with Gasteiger partial charge in [0, 0.05) is 0 Å². The Morgan fingerprint density at radius 1 is 1.14 bits per heavy atom. The maximum absolute atomic E-state index is 2.34. The summed E-state index contributed by atoms with van der Waals surface area (Å²) in [5, 5.41) is 0. The van der Waals surface area contributed by atoms with Crippen molar-refractivity contribution in [1.82, 2.24) is 6.15 Å². The molecular formula is C6H15N. The molecule has 0 unspecified atom stereocenters. The van der Waals surface area contributed by atoms with Crippen LogP contribution in [0, 0.1) is 5.92 Å². The van der Waals surface area contributed by atoms with Crippen LogP contribution in [0.3, 0.4) is 0 Å². The van der Waals surface area contributed by atoms with Crippen LogP contribution in [0.15, 0.2) is 0 Å². The predicted molar refractivity (Wildman–Crippen MR) is 32.7 cm³/mol. The summed E-state index contributed by atoms with van der Waals surface area (Å²) in [7, 11) is 0. The largest absolute Gasteiger partial charge is 0.344 e. The molecule has 1 heteroatoms. The van der Waals surface area contributed by atoms with E-state index in [4.69, 9.17) is 0 Å². The van der Waals surface area contributed by atoms with Gasteiger partial charge in [-0.05, 0) is 5.92 Å². The normalized spacial score (nSPS) is 21.9. The molecule has 0 aromatic heterocycles. The van der Waals surface area contributed by atoms with Gasteiger partial charge < -0.3 is 6.15 Å². The van der Waals surface area contributed by atoms with E-state index in [1.165, 1.54) is 25.7 Å². The predicted octanol–water partition coefficient (Wildman–Crippen LogP) is 2.36. The first-order valence-corrected chi connectivity index (χ1v) is 2.89. The Bertz CT molecular complexity index is 37.4. The second-order valence-corrected chi connectivity index (χ2v) is 2.39. The van der Waals surface area contributed by atoms with Crippen LogP contribution in [-0.2, 0) is 0 Å². The van der Waals surface area contributed by atoms with Crippen LogP contribution in [-0.4, -0.2) is 0 Å². The molecule has 0 aromatic rings. The van der Waals surface area contributed by atoms with Crippen molar-refractivity contribution in [3.63, 3.8) is 0 Å². The summed E-state index contributed by atoms with van der Waals surface area (Å²) in [6.45, 7) is 2.34. The van der Waals surface area contributed by atoms with Crippen molar-refractivity contribution < 1.29 is 0 Å². The summed E-state index contributed by atoms with van der Waals surface area (Å²) in [6.07, 6.45) is 5.95. The van der Waals surface area contributed by atoms with Crippen LogP contribution in [0.1, 0.15) is 32.6 Å². The van der Waals surface area contributed by atoms with Crippen molar-refractivity contribution in [2.75, 3.05) is 0 Å². The molecule has 0 aromatic carbocycles. The Labute approximate surface area is 45.7 Å². The topological polar surface area (TPSA) is 35.0 Å². The van der Waals surface area contributed by atoms with E-state index in [0.29, 0.717) is 0 Å². The molecule has 0 heterocycles. The number of rotatable bonds is 0. The first-order chi connectivity index (χ1) is 2.89. The maximum atomic E-state index is 2.34. The number of hydrogen-bond donors (Lipinski definition) is 1. The average molecular weight is 101 g/mol. The fourth-order valence-corrected chi connectivity index (χ4v) is 1.13. The van der Waals surface area contributed by atoms with Gasteiger partial charge in [0.2, 0.25) is 0 Å². The minimum Gasteiger partial charge on any atom is -0.344 e. The molecule has 3 N–H and O–H groups in total. The zero-order chi connectivity index (χ0) is 4.41. The van der Waals surface area contributed by atoms with E-state index in [1.54, 1.807) is 0 Å². The smallest absolute Gasteiger partial charge is 0.0443 e. The molecule has 0 bridgehead atoms. The minimum atomic E-state index is 0. The molecule has 0 spiro atoms. The van der Waals surface area contributed by atoms with Crippen LogP contribution in [0.25, 0.3) is 0 Å². The fourth-order valence-electron chi connectivity index (χ4n) is 1.13. The Hall–Kier alpha value is -0.0400. The first kappa shape index (κ1) is 6.96. The summed E-state index contributed by atoms with van der Waals surface area (Å²) in [5.74, 6) is 1.05. The van der Waals surface area contributed by atoms with Crippen LogP contribution in [0.2, 0.25) is 0 Å². The molecule has 0 aliphatic heterocycles. The number of hydrogen-bond acceptors (Lipinski definition) is 1. The van der Waals surface area contributed by atoms with Gasteiger partial charge in [-0.15, -0.1) is 0 Å². The molecule has 7 heavy (non-hydrogen) atoms. The molecular weight excluding hydrogens is 86.1 g/mol. The Balaban J connectivity index is 0.000000360. The van der Waals surface area contributed by atoms with Gasteiger partial charge in [-0.3, -0.25) is 0 Å². The molecule has 1 fully saturated rings. The molecule has 1 rings (SSSR count). The molecule has 0 atom stereocenters. The lowest BCUT2D eigenvalue weighted by atomic mass is 10.2. The van der Waals surface area contributed by atoms with Crippen LogP contribution < -0.4 is 6.15 Å². The van der Waals surface area contributed by atoms with Gasteiger partial charge in [-0.1, -0.05) is 32.6 Å². The third-order valence-electron chi connectivity index (χ3n) is 1.64. The van der Waals surface area contributed by atoms with Crippen molar-refractivity contribution in [3.8, 4) is 0 Å². The van der Waals surface area contributed by atoms with E-state index in [9.17, 15) is 0 Å². The summed E-state index contributed by atoms with van der Waals surface area (Å²) in [4.78, 5) is 0. The molecule has 0 radical (unpaired) electrons. The van der Waals surface area contributed by atoms with Crippen molar-refractivity contribution in [3.05, 3.63) is 0 Å². The Kier molecular flexibility index (Phi) is 3.01. The van der Waals surface area contributed by atoms with Gasteiger partial charge in [0.1, 0.15) is 0 Å². The third kappa shape index (κ3) is 1.93. The molecule has 0 saturated heterocycles. The van der Waals surface area contributed by atoms with Crippen molar-refractivity contribution in [2.45, 2.75) is 32.6 Å². The van der Waals surface area contributed by atoms with Crippen molar-refractivity contribution >= 4 is 0 Å². The zero-order valence-corrected chi connectivity index (χ0v) is 5.11. The molecule has 1 saturated carbocycles. The van der Waals surface area contributed by atoms with Crippen LogP contribution in [0.5, 0.6) is 0 Å². The quantitative estimate of drug-likeness (QED) is 0.499. The second kappa shape index (κ2) is 3.03. The lowest BCUT2D eigenvalue weighted by molar-refractivity contribution is 0.612. The van der Waals surface area contributed by atoms with Crippen molar-refractivity contribution in [2.24, 2.45) is 5.92 Å². The summed E-state index contributed by atoms with van der Waals surface area (Å²) in [5.41, 5.74) is 0. The fraction of sp³-hybridized carbons (Fsp3) is 1.00. The molecule has 0 amide bonds. The van der Waals surface area contributed by atoms with Gasteiger partial charge >= 0.3 is 0 Å². The Morgan fingerprint density at radius 2 is 1.57 bits per heavy atom. The van der Waals surface area contributed by atoms with E-state index in [0.717, 1.165) is 5.92 Å². The zero-order valence-electron chi connectivity index (χ0n) is 5.11. The van der Waals surface area contributed by atoms with Crippen LogP contribution in [0.4, 0.5) is 0 Å². The summed E-state index contributed by atoms with van der Waals surface area (Å²) < 4.78 is 0. The standard InChI is InChI=1S/C6H12.H3N/c1-6-4-2-3-5-6;/h6H,2-5H2,1H3;1H3. The highest BCUT2D eigenvalue weighted by Crippen LogP contribution is 2.22. The molecule has 44 valence electrons. The molecule has 1 aliphatic carbocycles. The van der Waals surface area contributed by atoms with Gasteiger partial charge in [0.25, 0.3) is 0 Å². The van der Waals surface area contributed by atoms with Crippen LogP contribution >= 0.6 is 0 Å². The minimum absolute atomic E-state index is 0. The second-order valence-electron chi connectivity index (χ2n) is 2.39. The van der Waals surface area contributed by atoms with Gasteiger partial charge in [0.15, 0.2) is 0 Å². The first-order valence-electron chi connectivity index (χ1n) is 2.89. The van der Waals surface area contributed by atoms with Gasteiger partial charge in [-0.2, -0.15) is 0 Å².